The van der Waals surface area contributed by atoms with Crippen LogP contribution in [0.5, 0.6) is 0 Å². The minimum absolute atomic E-state index is 0.123. The van der Waals surface area contributed by atoms with Gasteiger partial charge in [0, 0.05) is 11.8 Å². The number of aliphatic carboxylic acids is 1. The Morgan fingerprint density at radius 3 is 2.59 bits per heavy atom. The van der Waals surface area contributed by atoms with E-state index in [9.17, 15) is 14.4 Å². The molecule has 0 fully saturated rings. The quantitative estimate of drug-likeness (QED) is 0.493. The number of carboxylic acids is 1. The van der Waals surface area contributed by atoms with Gasteiger partial charge in [0.1, 0.15) is 0 Å². The first kappa shape index (κ1) is 20.9. The molecule has 3 rings (SSSR count). The van der Waals surface area contributed by atoms with E-state index in [1.165, 1.54) is 22.7 Å². The van der Waals surface area contributed by atoms with Crippen LogP contribution in [-0.4, -0.2) is 32.9 Å². The van der Waals surface area contributed by atoms with Crippen molar-refractivity contribution < 1.29 is 19.5 Å². The molecule has 0 aliphatic rings. The van der Waals surface area contributed by atoms with Crippen LogP contribution in [0.15, 0.2) is 29.6 Å². The SMILES string of the molecule is Cc1nc(NC(=O)c2ccccc2Cl)sc1-c1csc(NC(=O)CCC(=O)O)n1. The number of nitrogens with zero attached hydrogens (tertiary/aromatic N) is 2. The highest BCUT2D eigenvalue weighted by Crippen LogP contribution is 2.34. The van der Waals surface area contributed by atoms with Crippen LogP contribution >= 0.6 is 34.3 Å². The van der Waals surface area contributed by atoms with Gasteiger partial charge < -0.3 is 10.4 Å². The molecule has 29 heavy (non-hydrogen) atoms. The van der Waals surface area contributed by atoms with Gasteiger partial charge in [-0.3, -0.25) is 19.7 Å². The molecule has 0 radical (unpaired) electrons. The van der Waals surface area contributed by atoms with E-state index in [2.05, 4.69) is 20.6 Å². The summed E-state index contributed by atoms with van der Waals surface area (Å²) < 4.78 is 0. The van der Waals surface area contributed by atoms with Crippen molar-refractivity contribution in [3.8, 4) is 10.6 Å². The number of benzene rings is 1. The van der Waals surface area contributed by atoms with E-state index in [0.29, 0.717) is 32.2 Å². The summed E-state index contributed by atoms with van der Waals surface area (Å²) in [5, 5.41) is 16.8. The van der Waals surface area contributed by atoms with E-state index in [0.717, 1.165) is 4.88 Å². The maximum atomic E-state index is 12.4. The van der Waals surface area contributed by atoms with E-state index in [-0.39, 0.29) is 18.7 Å². The van der Waals surface area contributed by atoms with Gasteiger partial charge in [0.15, 0.2) is 10.3 Å². The maximum Gasteiger partial charge on any atom is 0.303 e. The lowest BCUT2D eigenvalue weighted by atomic mass is 10.2. The van der Waals surface area contributed by atoms with Gasteiger partial charge in [0.05, 0.1) is 33.3 Å². The average Bonchev–Trinajstić information content (AvgIpc) is 3.26. The standard InChI is InChI=1S/C18H15ClN4O4S2/c1-9-15(12-8-28-17(21-12)22-13(24)6-7-14(25)26)29-18(20-9)23-16(27)10-4-2-3-5-11(10)19/h2-5,8H,6-7H2,1H3,(H,25,26)(H,20,23,27)(H,21,22,24). The zero-order chi connectivity index (χ0) is 21.0. The average molecular weight is 451 g/mol. The van der Waals surface area contributed by atoms with E-state index in [1.807, 2.05) is 0 Å². The Morgan fingerprint density at radius 1 is 1.10 bits per heavy atom. The van der Waals surface area contributed by atoms with Gasteiger partial charge in [-0.1, -0.05) is 35.1 Å². The first-order chi connectivity index (χ1) is 13.8. The third-order valence-corrected chi connectivity index (χ3v) is 5.87. The summed E-state index contributed by atoms with van der Waals surface area (Å²) in [7, 11) is 0. The van der Waals surface area contributed by atoms with E-state index in [1.54, 1.807) is 36.6 Å². The van der Waals surface area contributed by atoms with Gasteiger partial charge in [-0.25, -0.2) is 9.97 Å². The van der Waals surface area contributed by atoms with Crippen LogP contribution < -0.4 is 10.6 Å². The summed E-state index contributed by atoms with van der Waals surface area (Å²) in [6.07, 6.45) is -0.367. The van der Waals surface area contributed by atoms with Crippen molar-refractivity contribution in [2.75, 3.05) is 10.6 Å². The zero-order valence-electron chi connectivity index (χ0n) is 15.1. The molecule has 0 unspecified atom stereocenters. The first-order valence-corrected chi connectivity index (χ1v) is 10.4. The number of carboxylic acid groups (broad SMARTS) is 1. The number of carbonyl (C=O) groups excluding carboxylic acids is 2. The molecule has 8 nitrogen and oxygen atoms in total. The van der Waals surface area contributed by atoms with Crippen LogP contribution in [0.2, 0.25) is 5.02 Å². The molecule has 2 aromatic heterocycles. The summed E-state index contributed by atoms with van der Waals surface area (Å²) in [5.41, 5.74) is 1.64. The number of anilines is 2. The van der Waals surface area contributed by atoms with E-state index >= 15 is 0 Å². The number of hydrogen-bond donors (Lipinski definition) is 3. The molecule has 0 saturated carbocycles. The Hall–Kier alpha value is -2.82. The molecule has 2 heterocycles. The fourth-order valence-corrected chi connectivity index (χ4v) is 4.27. The Balaban J connectivity index is 1.70. The van der Waals surface area contributed by atoms with Crippen LogP contribution in [0.3, 0.4) is 0 Å². The fourth-order valence-electron chi connectivity index (χ4n) is 2.34. The molecule has 0 aliphatic carbocycles. The molecular weight excluding hydrogens is 436 g/mol. The third-order valence-electron chi connectivity index (χ3n) is 3.68. The van der Waals surface area contributed by atoms with Crippen molar-refractivity contribution in [2.24, 2.45) is 0 Å². The van der Waals surface area contributed by atoms with Crippen LogP contribution in [0.4, 0.5) is 10.3 Å². The predicted octanol–water partition coefficient (Wildman–Crippen LogP) is 4.28. The minimum atomic E-state index is -1.04. The Kier molecular flexibility index (Phi) is 6.57. The lowest BCUT2D eigenvalue weighted by molar-refractivity contribution is -0.138. The van der Waals surface area contributed by atoms with Crippen LogP contribution in [-0.2, 0) is 9.59 Å². The lowest BCUT2D eigenvalue weighted by Crippen LogP contribution is -2.12. The fraction of sp³-hybridized carbons (Fsp3) is 0.167. The molecule has 150 valence electrons. The monoisotopic (exact) mass is 450 g/mol. The molecule has 0 bridgehead atoms. The first-order valence-electron chi connectivity index (χ1n) is 8.34. The van der Waals surface area contributed by atoms with Crippen molar-refractivity contribution in [1.29, 1.82) is 0 Å². The maximum absolute atomic E-state index is 12.4. The summed E-state index contributed by atoms with van der Waals surface area (Å²) in [4.78, 5) is 44.1. The third kappa shape index (κ3) is 5.37. The van der Waals surface area contributed by atoms with Crippen molar-refractivity contribution in [3.63, 3.8) is 0 Å². The van der Waals surface area contributed by atoms with Gasteiger partial charge in [-0.2, -0.15) is 0 Å². The number of aryl methyl sites for hydroxylation is 1. The van der Waals surface area contributed by atoms with Crippen LogP contribution in [0, 0.1) is 6.92 Å². The smallest absolute Gasteiger partial charge is 0.303 e. The summed E-state index contributed by atoms with van der Waals surface area (Å²) in [6.45, 7) is 1.79. The van der Waals surface area contributed by atoms with Crippen LogP contribution in [0.1, 0.15) is 28.9 Å². The predicted molar refractivity (Wildman–Crippen MR) is 113 cm³/mol. The van der Waals surface area contributed by atoms with Crippen molar-refractivity contribution in [1.82, 2.24) is 9.97 Å². The molecule has 3 aromatic rings. The van der Waals surface area contributed by atoms with Crippen molar-refractivity contribution >= 4 is 62.3 Å². The summed E-state index contributed by atoms with van der Waals surface area (Å²) in [6, 6.07) is 6.72. The second kappa shape index (κ2) is 9.12. The highest BCUT2D eigenvalue weighted by atomic mass is 35.5. The summed E-state index contributed by atoms with van der Waals surface area (Å²) >= 11 is 8.52. The number of nitrogens with one attached hydrogen (secondary N) is 2. The molecule has 1 aromatic carbocycles. The van der Waals surface area contributed by atoms with Gasteiger partial charge in [-0.15, -0.1) is 11.3 Å². The Bertz CT molecular complexity index is 1080. The Labute approximate surface area is 178 Å². The number of hydrogen-bond acceptors (Lipinski definition) is 7. The number of halogens is 1. The number of thiazole rings is 2. The topological polar surface area (TPSA) is 121 Å². The van der Waals surface area contributed by atoms with Gasteiger partial charge >= 0.3 is 5.97 Å². The van der Waals surface area contributed by atoms with E-state index in [4.69, 9.17) is 16.7 Å². The van der Waals surface area contributed by atoms with Gasteiger partial charge in [0.25, 0.3) is 5.91 Å². The summed E-state index contributed by atoms with van der Waals surface area (Å²) in [5.74, 6) is -1.81. The van der Waals surface area contributed by atoms with Gasteiger partial charge in [-0.05, 0) is 19.1 Å². The molecule has 2 amide bonds. The largest absolute Gasteiger partial charge is 0.481 e. The second-order valence-corrected chi connectivity index (χ2v) is 8.11. The number of rotatable bonds is 7. The number of amides is 2. The molecule has 11 heteroatoms. The minimum Gasteiger partial charge on any atom is -0.481 e. The normalized spacial score (nSPS) is 10.6. The van der Waals surface area contributed by atoms with Crippen molar-refractivity contribution in [2.45, 2.75) is 19.8 Å². The van der Waals surface area contributed by atoms with E-state index < -0.39 is 11.9 Å². The molecular formula is C18H15ClN4O4S2. The van der Waals surface area contributed by atoms with Gasteiger partial charge in [0.2, 0.25) is 5.91 Å². The number of carbonyl (C=O) groups is 3. The highest BCUT2D eigenvalue weighted by molar-refractivity contribution is 7.20. The molecule has 0 saturated heterocycles. The molecule has 0 atom stereocenters. The lowest BCUT2D eigenvalue weighted by Gasteiger charge is -2.03. The Morgan fingerprint density at radius 2 is 1.86 bits per heavy atom. The second-order valence-electron chi connectivity index (χ2n) is 5.85. The highest BCUT2D eigenvalue weighted by Gasteiger charge is 2.17. The molecule has 0 aliphatic heterocycles. The molecule has 0 spiro atoms. The zero-order valence-corrected chi connectivity index (χ0v) is 17.5. The number of aromatic nitrogens is 2. The van der Waals surface area contributed by atoms with Crippen molar-refractivity contribution in [3.05, 3.63) is 45.9 Å². The molecule has 3 N–H and O–H groups in total. The van der Waals surface area contributed by atoms with Crippen LogP contribution in [0.25, 0.3) is 10.6 Å².